The standard InChI is InChI=1S/C21H21N3O4/c1-21(2)19(26)23(20(27)22-21)12-18(25)24-15-10-6-7-11-17(15)28-13-16(24)14-8-4-3-5-9-14/h3-11,16H,12-13H2,1-2H3,(H,22,27). The summed E-state index contributed by atoms with van der Waals surface area (Å²) in [5.74, 6) is -0.157. The number of fused-ring (bicyclic) bond motifs is 1. The summed E-state index contributed by atoms with van der Waals surface area (Å²) in [5, 5.41) is 2.61. The van der Waals surface area contributed by atoms with E-state index in [4.69, 9.17) is 4.74 Å². The van der Waals surface area contributed by atoms with Gasteiger partial charge in [-0.1, -0.05) is 42.5 Å². The van der Waals surface area contributed by atoms with Crippen molar-refractivity contribution in [1.29, 1.82) is 0 Å². The molecule has 0 bridgehead atoms. The highest BCUT2D eigenvalue weighted by Gasteiger charge is 2.46. The molecule has 2 heterocycles. The van der Waals surface area contributed by atoms with Crippen LogP contribution in [0.25, 0.3) is 0 Å². The van der Waals surface area contributed by atoms with Crippen LogP contribution in [-0.2, 0) is 9.59 Å². The maximum absolute atomic E-state index is 13.3. The Balaban J connectivity index is 1.68. The molecule has 4 rings (SSSR count). The Morgan fingerprint density at radius 1 is 1.11 bits per heavy atom. The molecule has 0 aromatic heterocycles. The fraction of sp³-hybridized carbons (Fsp3) is 0.286. The molecule has 4 amide bonds. The van der Waals surface area contributed by atoms with Gasteiger partial charge in [-0.25, -0.2) is 4.79 Å². The van der Waals surface area contributed by atoms with Crippen molar-refractivity contribution in [2.45, 2.75) is 25.4 Å². The van der Waals surface area contributed by atoms with Crippen molar-refractivity contribution in [1.82, 2.24) is 10.2 Å². The molecule has 1 fully saturated rings. The number of anilines is 1. The summed E-state index contributed by atoms with van der Waals surface area (Å²) in [7, 11) is 0. The zero-order valence-electron chi connectivity index (χ0n) is 15.7. The molecule has 1 unspecified atom stereocenters. The lowest BCUT2D eigenvalue weighted by molar-refractivity contribution is -0.133. The van der Waals surface area contributed by atoms with Gasteiger partial charge in [-0.15, -0.1) is 0 Å². The Morgan fingerprint density at radius 2 is 1.79 bits per heavy atom. The van der Waals surface area contributed by atoms with Gasteiger partial charge in [-0.2, -0.15) is 0 Å². The van der Waals surface area contributed by atoms with Crippen LogP contribution in [0.2, 0.25) is 0 Å². The van der Waals surface area contributed by atoms with E-state index in [1.807, 2.05) is 42.5 Å². The Morgan fingerprint density at radius 3 is 2.46 bits per heavy atom. The highest BCUT2D eigenvalue weighted by molar-refractivity contribution is 6.10. The maximum Gasteiger partial charge on any atom is 0.325 e. The Hall–Kier alpha value is -3.35. The topological polar surface area (TPSA) is 79.0 Å². The van der Waals surface area contributed by atoms with Crippen molar-refractivity contribution in [2.75, 3.05) is 18.1 Å². The number of hydrogen-bond donors (Lipinski definition) is 1. The average Bonchev–Trinajstić information content (AvgIpc) is 2.89. The second-order valence-electron chi connectivity index (χ2n) is 7.42. The molecule has 7 heteroatoms. The smallest absolute Gasteiger partial charge is 0.325 e. The molecule has 1 saturated heterocycles. The summed E-state index contributed by atoms with van der Waals surface area (Å²) in [6.07, 6.45) is 0. The minimum atomic E-state index is -1.01. The molecule has 0 radical (unpaired) electrons. The molecular weight excluding hydrogens is 358 g/mol. The molecule has 2 aliphatic heterocycles. The molecule has 2 aromatic rings. The molecule has 0 aliphatic carbocycles. The summed E-state index contributed by atoms with van der Waals surface area (Å²) in [6.45, 7) is 3.20. The summed E-state index contributed by atoms with van der Waals surface area (Å²) in [5.41, 5.74) is 0.529. The van der Waals surface area contributed by atoms with Gasteiger partial charge in [0.1, 0.15) is 24.4 Å². The lowest BCUT2D eigenvalue weighted by Crippen LogP contribution is -2.48. The van der Waals surface area contributed by atoms with E-state index in [9.17, 15) is 14.4 Å². The quantitative estimate of drug-likeness (QED) is 0.831. The summed E-state index contributed by atoms with van der Waals surface area (Å²) < 4.78 is 5.86. The van der Waals surface area contributed by atoms with E-state index in [2.05, 4.69) is 5.32 Å². The van der Waals surface area contributed by atoms with Crippen molar-refractivity contribution >= 4 is 23.5 Å². The van der Waals surface area contributed by atoms with Crippen molar-refractivity contribution < 1.29 is 19.1 Å². The number of imide groups is 1. The number of ether oxygens (including phenoxy) is 1. The van der Waals surface area contributed by atoms with E-state index in [0.29, 0.717) is 18.0 Å². The van der Waals surface area contributed by atoms with Gasteiger partial charge in [-0.05, 0) is 31.5 Å². The van der Waals surface area contributed by atoms with Crippen LogP contribution in [0.3, 0.4) is 0 Å². The highest BCUT2D eigenvalue weighted by Crippen LogP contribution is 2.39. The molecule has 144 valence electrons. The predicted octanol–water partition coefficient (Wildman–Crippen LogP) is 2.48. The third-order valence-electron chi connectivity index (χ3n) is 5.02. The fourth-order valence-corrected chi connectivity index (χ4v) is 3.59. The monoisotopic (exact) mass is 379 g/mol. The lowest BCUT2D eigenvalue weighted by Gasteiger charge is -2.37. The van der Waals surface area contributed by atoms with Crippen LogP contribution in [0.5, 0.6) is 5.75 Å². The van der Waals surface area contributed by atoms with Gasteiger partial charge in [0.25, 0.3) is 5.91 Å². The first-order valence-corrected chi connectivity index (χ1v) is 9.11. The van der Waals surface area contributed by atoms with E-state index in [1.54, 1.807) is 30.9 Å². The van der Waals surface area contributed by atoms with Crippen molar-refractivity contribution in [3.8, 4) is 5.75 Å². The molecule has 0 spiro atoms. The number of urea groups is 1. The Bertz CT molecular complexity index is 942. The number of hydrogen-bond acceptors (Lipinski definition) is 4. The number of para-hydroxylation sites is 2. The van der Waals surface area contributed by atoms with Crippen LogP contribution in [-0.4, -0.2) is 41.4 Å². The molecule has 1 N–H and O–H groups in total. The van der Waals surface area contributed by atoms with E-state index < -0.39 is 17.5 Å². The minimum absolute atomic E-state index is 0.290. The molecular formula is C21H21N3O4. The van der Waals surface area contributed by atoms with Gasteiger partial charge in [0.05, 0.1) is 11.7 Å². The third-order valence-corrected chi connectivity index (χ3v) is 5.02. The zero-order valence-corrected chi connectivity index (χ0v) is 15.7. The number of carbonyl (C=O) groups is 3. The van der Waals surface area contributed by atoms with Crippen molar-refractivity contribution in [3.63, 3.8) is 0 Å². The Kier molecular flexibility index (Phi) is 4.30. The SMILES string of the molecule is CC1(C)NC(=O)N(CC(=O)N2c3ccccc3OCC2c2ccccc2)C1=O. The first-order valence-electron chi connectivity index (χ1n) is 9.11. The third kappa shape index (κ3) is 2.98. The van der Waals surface area contributed by atoms with Crippen LogP contribution < -0.4 is 15.0 Å². The maximum atomic E-state index is 13.3. The molecule has 2 aromatic carbocycles. The van der Waals surface area contributed by atoms with Gasteiger partial charge in [0, 0.05) is 0 Å². The minimum Gasteiger partial charge on any atom is -0.489 e. The van der Waals surface area contributed by atoms with Crippen LogP contribution in [0.4, 0.5) is 10.5 Å². The van der Waals surface area contributed by atoms with E-state index in [-0.39, 0.29) is 18.5 Å². The van der Waals surface area contributed by atoms with Crippen molar-refractivity contribution in [3.05, 3.63) is 60.2 Å². The van der Waals surface area contributed by atoms with E-state index in [0.717, 1.165) is 10.5 Å². The average molecular weight is 379 g/mol. The second kappa shape index (κ2) is 6.67. The fourth-order valence-electron chi connectivity index (χ4n) is 3.59. The molecule has 2 aliphatic rings. The molecule has 7 nitrogen and oxygen atoms in total. The first-order chi connectivity index (χ1) is 13.4. The van der Waals surface area contributed by atoms with Crippen molar-refractivity contribution in [2.24, 2.45) is 0 Å². The second-order valence-corrected chi connectivity index (χ2v) is 7.42. The predicted molar refractivity (Wildman–Crippen MR) is 103 cm³/mol. The van der Waals surface area contributed by atoms with Gasteiger partial charge < -0.3 is 10.1 Å². The molecule has 28 heavy (non-hydrogen) atoms. The normalized spacial score (nSPS) is 20.4. The highest BCUT2D eigenvalue weighted by atomic mass is 16.5. The van der Waals surface area contributed by atoms with Gasteiger partial charge in [0.15, 0.2) is 0 Å². The van der Waals surface area contributed by atoms with Crippen LogP contribution in [0.1, 0.15) is 25.5 Å². The number of benzene rings is 2. The number of nitrogens with one attached hydrogen (secondary N) is 1. The largest absolute Gasteiger partial charge is 0.489 e. The number of rotatable bonds is 3. The zero-order chi connectivity index (χ0) is 19.9. The molecule has 1 atom stereocenters. The van der Waals surface area contributed by atoms with E-state index in [1.165, 1.54) is 0 Å². The van der Waals surface area contributed by atoms with Gasteiger partial charge in [-0.3, -0.25) is 19.4 Å². The van der Waals surface area contributed by atoms with Crippen LogP contribution >= 0.6 is 0 Å². The summed E-state index contributed by atoms with van der Waals surface area (Å²) in [6, 6.07) is 15.9. The summed E-state index contributed by atoms with van der Waals surface area (Å²) in [4.78, 5) is 40.6. The Labute approximate surface area is 162 Å². The first kappa shape index (κ1) is 18.0. The number of carbonyl (C=O) groups excluding carboxylic acids is 3. The van der Waals surface area contributed by atoms with Crippen LogP contribution in [0.15, 0.2) is 54.6 Å². The van der Waals surface area contributed by atoms with Gasteiger partial charge in [0.2, 0.25) is 5.91 Å². The number of nitrogens with zero attached hydrogens (tertiary/aromatic N) is 2. The molecule has 0 saturated carbocycles. The van der Waals surface area contributed by atoms with Crippen LogP contribution in [0, 0.1) is 0 Å². The van der Waals surface area contributed by atoms with E-state index >= 15 is 0 Å². The number of amides is 4. The lowest BCUT2D eigenvalue weighted by atomic mass is 10.0. The summed E-state index contributed by atoms with van der Waals surface area (Å²) >= 11 is 0. The van der Waals surface area contributed by atoms with Gasteiger partial charge >= 0.3 is 6.03 Å².